The second-order valence-corrected chi connectivity index (χ2v) is 2.39. The van der Waals surface area contributed by atoms with Gasteiger partial charge in [0.1, 0.15) is 7.05 Å². The van der Waals surface area contributed by atoms with Crippen LogP contribution in [0.15, 0.2) is 18.3 Å². The Bertz CT molecular complexity index is 200. The van der Waals surface area contributed by atoms with Gasteiger partial charge in [-0.15, -0.1) is 0 Å². The molecule has 1 rings (SSSR count). The predicted molar refractivity (Wildman–Crippen MR) is 37.1 cm³/mol. The van der Waals surface area contributed by atoms with E-state index in [1.165, 1.54) is 11.3 Å². The van der Waals surface area contributed by atoms with Crippen LogP contribution >= 0.6 is 0 Å². The van der Waals surface area contributed by atoms with Gasteiger partial charge < -0.3 is 12.4 Å². The molecule has 0 aliphatic heterocycles. The first-order valence-corrected chi connectivity index (χ1v) is 3.13. The first kappa shape index (κ1) is 9.44. The summed E-state index contributed by atoms with van der Waals surface area (Å²) in [5.74, 6) is 0. The average molecular weight is 158 g/mol. The zero-order chi connectivity index (χ0) is 6.85. The van der Waals surface area contributed by atoms with Crippen molar-refractivity contribution in [1.82, 2.24) is 0 Å². The summed E-state index contributed by atoms with van der Waals surface area (Å²) in [6.45, 7) is 4.24. The predicted octanol–water partition coefficient (Wildman–Crippen LogP) is -1.87. The number of pyridine rings is 1. The highest BCUT2D eigenvalue weighted by Crippen LogP contribution is 1.96. The summed E-state index contributed by atoms with van der Waals surface area (Å²) >= 11 is 0. The largest absolute Gasteiger partial charge is 1.00 e. The molecule has 0 unspecified atom stereocenters. The van der Waals surface area contributed by atoms with E-state index in [1.807, 2.05) is 0 Å². The molecule has 0 aromatic carbocycles. The van der Waals surface area contributed by atoms with E-state index in [0.29, 0.717) is 0 Å². The second kappa shape index (κ2) is 3.57. The maximum Gasteiger partial charge on any atom is 0.180 e. The van der Waals surface area contributed by atoms with Crippen LogP contribution in [0.5, 0.6) is 0 Å². The smallest absolute Gasteiger partial charge is 0.180 e. The van der Waals surface area contributed by atoms with E-state index in [9.17, 15) is 0 Å². The lowest BCUT2D eigenvalue weighted by molar-refractivity contribution is -0.678. The standard InChI is InChI=1S/C8H12N.ClH/c1-7-5-4-6-9(3)8(7)2;/h4-6H,1-3H3;1H/q+1;/p-1. The number of nitrogens with zero attached hydrogens (tertiary/aromatic N) is 1. The van der Waals surface area contributed by atoms with Gasteiger partial charge in [-0.1, -0.05) is 0 Å². The number of hydrogen-bond donors (Lipinski definition) is 0. The van der Waals surface area contributed by atoms with Gasteiger partial charge in [0.05, 0.1) is 0 Å². The van der Waals surface area contributed by atoms with Crippen LogP contribution in [0.3, 0.4) is 0 Å². The zero-order valence-corrected chi connectivity index (χ0v) is 7.31. The molecule has 0 atom stereocenters. The fourth-order valence-electron chi connectivity index (χ4n) is 0.827. The van der Waals surface area contributed by atoms with Crippen molar-refractivity contribution in [2.45, 2.75) is 13.8 Å². The third-order valence-corrected chi connectivity index (χ3v) is 1.76. The molecule has 0 aliphatic rings. The van der Waals surface area contributed by atoms with Gasteiger partial charge in [0, 0.05) is 18.6 Å². The molecule has 1 heterocycles. The van der Waals surface area contributed by atoms with Crippen LogP contribution in [0.25, 0.3) is 0 Å². The van der Waals surface area contributed by atoms with E-state index in [-0.39, 0.29) is 12.4 Å². The summed E-state index contributed by atoms with van der Waals surface area (Å²) in [6.07, 6.45) is 2.06. The lowest BCUT2D eigenvalue weighted by atomic mass is 10.2. The molecule has 0 fully saturated rings. The van der Waals surface area contributed by atoms with E-state index in [4.69, 9.17) is 0 Å². The Labute approximate surface area is 68.1 Å². The van der Waals surface area contributed by atoms with Gasteiger partial charge in [0.2, 0.25) is 0 Å². The molecule has 0 bridgehead atoms. The minimum atomic E-state index is 0. The highest BCUT2D eigenvalue weighted by molar-refractivity contribution is 5.10. The van der Waals surface area contributed by atoms with Crippen LogP contribution in [-0.2, 0) is 7.05 Å². The van der Waals surface area contributed by atoms with Gasteiger partial charge in [-0.3, -0.25) is 0 Å². The molecule has 1 aromatic rings. The number of aromatic nitrogens is 1. The molecule has 0 radical (unpaired) electrons. The van der Waals surface area contributed by atoms with Gasteiger partial charge in [-0.2, -0.15) is 0 Å². The van der Waals surface area contributed by atoms with Gasteiger partial charge in [0.25, 0.3) is 0 Å². The van der Waals surface area contributed by atoms with Gasteiger partial charge in [0.15, 0.2) is 11.9 Å². The summed E-state index contributed by atoms with van der Waals surface area (Å²) in [6, 6.07) is 4.18. The van der Waals surface area contributed by atoms with Crippen molar-refractivity contribution in [3.63, 3.8) is 0 Å². The molecule has 0 N–H and O–H groups in total. The fraction of sp³-hybridized carbons (Fsp3) is 0.375. The Morgan fingerprint density at radius 1 is 1.30 bits per heavy atom. The Morgan fingerprint density at radius 3 is 2.30 bits per heavy atom. The number of aryl methyl sites for hydroxylation is 2. The quantitative estimate of drug-likeness (QED) is 0.389. The topological polar surface area (TPSA) is 3.88 Å². The van der Waals surface area contributed by atoms with Crippen molar-refractivity contribution in [2.24, 2.45) is 7.05 Å². The van der Waals surface area contributed by atoms with Crippen molar-refractivity contribution < 1.29 is 17.0 Å². The van der Waals surface area contributed by atoms with Gasteiger partial charge in [-0.05, 0) is 13.0 Å². The number of rotatable bonds is 0. The van der Waals surface area contributed by atoms with E-state index in [1.54, 1.807) is 0 Å². The lowest BCUT2D eigenvalue weighted by Crippen LogP contribution is -3.00. The molecule has 2 heteroatoms. The van der Waals surface area contributed by atoms with Crippen LogP contribution in [0, 0.1) is 13.8 Å². The highest BCUT2D eigenvalue weighted by Gasteiger charge is 1.99. The first-order valence-electron chi connectivity index (χ1n) is 3.13. The summed E-state index contributed by atoms with van der Waals surface area (Å²) in [4.78, 5) is 0. The zero-order valence-electron chi connectivity index (χ0n) is 6.56. The molecule has 0 saturated heterocycles. The van der Waals surface area contributed by atoms with Crippen LogP contribution in [-0.4, -0.2) is 0 Å². The lowest BCUT2D eigenvalue weighted by Gasteiger charge is -1.94. The van der Waals surface area contributed by atoms with Crippen molar-refractivity contribution in [2.75, 3.05) is 0 Å². The van der Waals surface area contributed by atoms with Gasteiger partial charge in [-0.25, -0.2) is 4.57 Å². The molecule has 1 aromatic heterocycles. The second-order valence-electron chi connectivity index (χ2n) is 2.39. The maximum absolute atomic E-state index is 2.12. The van der Waals surface area contributed by atoms with E-state index >= 15 is 0 Å². The minimum Gasteiger partial charge on any atom is -1.00 e. The summed E-state index contributed by atoms with van der Waals surface area (Å²) < 4.78 is 2.12. The third-order valence-electron chi connectivity index (χ3n) is 1.76. The van der Waals surface area contributed by atoms with Crippen LogP contribution < -0.4 is 17.0 Å². The molecule has 0 spiro atoms. The normalized spacial score (nSPS) is 8.70. The molecule has 0 aliphatic carbocycles. The Kier molecular flexibility index (Phi) is 3.37. The molecule has 0 amide bonds. The van der Waals surface area contributed by atoms with Crippen LogP contribution in [0.1, 0.15) is 11.3 Å². The summed E-state index contributed by atoms with van der Waals surface area (Å²) in [5, 5.41) is 0. The third kappa shape index (κ3) is 1.71. The SMILES string of the molecule is Cc1ccc[n+](C)c1C.[Cl-]. The molecule has 10 heavy (non-hydrogen) atoms. The number of halogens is 1. The maximum atomic E-state index is 2.12. The molecular formula is C8H12ClN. The Balaban J connectivity index is 0.000000810. The molecule has 0 saturated carbocycles. The molecular weight excluding hydrogens is 146 g/mol. The number of hydrogen-bond acceptors (Lipinski definition) is 0. The van der Waals surface area contributed by atoms with Gasteiger partial charge >= 0.3 is 0 Å². The Hall–Kier alpha value is -0.560. The van der Waals surface area contributed by atoms with Crippen molar-refractivity contribution >= 4 is 0 Å². The molecule has 1 nitrogen and oxygen atoms in total. The first-order chi connectivity index (χ1) is 4.22. The highest BCUT2D eigenvalue weighted by atomic mass is 35.5. The van der Waals surface area contributed by atoms with Crippen molar-refractivity contribution in [1.29, 1.82) is 0 Å². The average Bonchev–Trinajstić information content (AvgIpc) is 1.83. The van der Waals surface area contributed by atoms with Crippen LogP contribution in [0.4, 0.5) is 0 Å². The fourth-order valence-corrected chi connectivity index (χ4v) is 0.827. The monoisotopic (exact) mass is 157 g/mol. The Morgan fingerprint density at radius 2 is 1.90 bits per heavy atom. The van der Waals surface area contributed by atoms with Crippen molar-refractivity contribution in [3.05, 3.63) is 29.6 Å². The summed E-state index contributed by atoms with van der Waals surface area (Å²) in [5.41, 5.74) is 2.68. The molecule has 56 valence electrons. The van der Waals surface area contributed by atoms with E-state index < -0.39 is 0 Å². The van der Waals surface area contributed by atoms with E-state index in [0.717, 1.165) is 0 Å². The summed E-state index contributed by atoms with van der Waals surface area (Å²) in [7, 11) is 2.06. The minimum absolute atomic E-state index is 0. The van der Waals surface area contributed by atoms with Crippen LogP contribution in [0.2, 0.25) is 0 Å². The van der Waals surface area contributed by atoms with Crippen molar-refractivity contribution in [3.8, 4) is 0 Å². The van der Waals surface area contributed by atoms with E-state index in [2.05, 4.69) is 43.8 Å².